The smallest absolute Gasteiger partial charge is 0.310 e. The van der Waals surface area contributed by atoms with Crippen molar-refractivity contribution in [3.8, 4) is 0 Å². The van der Waals surface area contributed by atoms with Gasteiger partial charge >= 0.3 is 5.97 Å². The van der Waals surface area contributed by atoms with Crippen LogP contribution in [0.15, 0.2) is 24.3 Å². The van der Waals surface area contributed by atoms with Crippen molar-refractivity contribution < 1.29 is 14.7 Å². The number of carboxylic acids is 1. The first-order chi connectivity index (χ1) is 15.3. The molecule has 9 atom stereocenters. The van der Waals surface area contributed by atoms with E-state index < -0.39 is 16.8 Å². The van der Waals surface area contributed by atoms with E-state index in [1.54, 1.807) is 6.08 Å². The van der Waals surface area contributed by atoms with Gasteiger partial charge in [-0.3, -0.25) is 9.59 Å². The van der Waals surface area contributed by atoms with Gasteiger partial charge < -0.3 is 5.11 Å². The molecule has 0 unspecified atom stereocenters. The van der Waals surface area contributed by atoms with E-state index in [0.29, 0.717) is 29.6 Å². The molecule has 0 saturated heterocycles. The lowest BCUT2D eigenvalue weighted by Gasteiger charge is -2.70. The van der Waals surface area contributed by atoms with E-state index in [9.17, 15) is 14.7 Å². The standard InChI is InChI=1S/C30H44O3/c1-18(2)19-10-13-27(5)16-17-29(7)20(24(19)27)8-9-22-28(6)14-12-23(31)26(3,4)21(28)11-15-30(22,29)25(32)33/h12,14,19-22,24H,1,8-11,13,15-17H2,2-7H3,(H,32,33)/t19-,20+,21-,22+,24+,27+,28-,29+,30+/m0/s1. The molecular formula is C30H44O3. The lowest BCUT2D eigenvalue weighted by Crippen LogP contribution is -2.68. The van der Waals surface area contributed by atoms with Crippen LogP contribution < -0.4 is 0 Å². The minimum Gasteiger partial charge on any atom is -0.481 e. The van der Waals surface area contributed by atoms with Crippen LogP contribution in [0.3, 0.4) is 0 Å². The van der Waals surface area contributed by atoms with E-state index in [1.165, 1.54) is 18.4 Å². The molecule has 5 aliphatic carbocycles. The molecule has 0 aliphatic heterocycles. The minimum atomic E-state index is -0.717. The van der Waals surface area contributed by atoms with Gasteiger partial charge in [0.05, 0.1) is 5.41 Å². The third-order valence-corrected chi connectivity index (χ3v) is 12.6. The van der Waals surface area contributed by atoms with Crippen molar-refractivity contribution in [1.82, 2.24) is 0 Å². The number of aliphatic carboxylic acids is 1. The molecule has 5 rings (SSSR count). The Balaban J connectivity index is 1.65. The molecule has 4 saturated carbocycles. The van der Waals surface area contributed by atoms with Crippen LogP contribution in [-0.2, 0) is 9.59 Å². The van der Waals surface area contributed by atoms with Gasteiger partial charge in [0.2, 0.25) is 0 Å². The number of hydrogen-bond donors (Lipinski definition) is 1. The number of carboxylic acid groups (broad SMARTS) is 1. The topological polar surface area (TPSA) is 54.4 Å². The lowest BCUT2D eigenvalue weighted by atomic mass is 9.32. The molecular weight excluding hydrogens is 408 g/mol. The predicted molar refractivity (Wildman–Crippen MR) is 132 cm³/mol. The van der Waals surface area contributed by atoms with Crippen molar-refractivity contribution in [3.05, 3.63) is 24.3 Å². The molecule has 0 aromatic rings. The first-order valence-electron chi connectivity index (χ1n) is 13.4. The van der Waals surface area contributed by atoms with Crippen molar-refractivity contribution in [2.75, 3.05) is 0 Å². The summed E-state index contributed by atoms with van der Waals surface area (Å²) >= 11 is 0. The summed E-state index contributed by atoms with van der Waals surface area (Å²) < 4.78 is 0. The second kappa shape index (κ2) is 6.85. The SMILES string of the molecule is C=C(C)[C@@H]1CC[C@]2(C)CC[C@]3(C)[C@H](CC[C@@H]4[C@@]5(C)C=CC(=O)C(C)(C)[C@@H]5CC[C@]43C(=O)O)[C@@H]12. The molecule has 0 spiro atoms. The van der Waals surface area contributed by atoms with Crippen LogP contribution in [0, 0.1) is 56.7 Å². The highest BCUT2D eigenvalue weighted by Crippen LogP contribution is 2.76. The van der Waals surface area contributed by atoms with Crippen molar-refractivity contribution in [2.45, 2.75) is 92.9 Å². The van der Waals surface area contributed by atoms with Crippen LogP contribution in [-0.4, -0.2) is 16.9 Å². The maximum Gasteiger partial charge on any atom is 0.310 e. The molecule has 0 aromatic carbocycles. The Hall–Kier alpha value is -1.38. The van der Waals surface area contributed by atoms with Crippen LogP contribution >= 0.6 is 0 Å². The molecule has 1 N–H and O–H groups in total. The first-order valence-corrected chi connectivity index (χ1v) is 13.4. The summed E-state index contributed by atoms with van der Waals surface area (Å²) in [7, 11) is 0. The van der Waals surface area contributed by atoms with Gasteiger partial charge in [0.15, 0.2) is 5.78 Å². The largest absolute Gasteiger partial charge is 0.481 e. The average molecular weight is 453 g/mol. The van der Waals surface area contributed by atoms with Gasteiger partial charge in [0, 0.05) is 5.41 Å². The Kier molecular flexibility index (Phi) is 4.85. The highest BCUT2D eigenvalue weighted by atomic mass is 16.4. The second-order valence-electron chi connectivity index (χ2n) is 14.0. The van der Waals surface area contributed by atoms with Crippen LogP contribution in [0.1, 0.15) is 92.9 Å². The molecule has 0 heterocycles. The van der Waals surface area contributed by atoms with Gasteiger partial charge in [-0.25, -0.2) is 0 Å². The average Bonchev–Trinajstić information content (AvgIpc) is 3.09. The fourth-order valence-corrected chi connectivity index (χ4v) is 10.8. The first kappa shape index (κ1) is 23.4. The Morgan fingerprint density at radius 2 is 1.67 bits per heavy atom. The van der Waals surface area contributed by atoms with Gasteiger partial charge in [-0.15, -0.1) is 0 Å². The normalized spacial score (nSPS) is 52.3. The third kappa shape index (κ3) is 2.63. The van der Waals surface area contributed by atoms with Crippen molar-refractivity contribution >= 4 is 11.8 Å². The highest BCUT2D eigenvalue weighted by Gasteiger charge is 2.74. The molecule has 3 heteroatoms. The molecule has 3 nitrogen and oxygen atoms in total. The molecule has 182 valence electrons. The molecule has 0 radical (unpaired) electrons. The monoisotopic (exact) mass is 452 g/mol. The summed E-state index contributed by atoms with van der Waals surface area (Å²) in [4.78, 5) is 26.3. The molecule has 4 fully saturated rings. The van der Waals surface area contributed by atoms with E-state index in [1.807, 2.05) is 0 Å². The number of fused-ring (bicyclic) bond motifs is 7. The summed E-state index contributed by atoms with van der Waals surface area (Å²) in [5.41, 5.74) is 0.0223. The van der Waals surface area contributed by atoms with Crippen LogP contribution in [0.2, 0.25) is 0 Å². The second-order valence-corrected chi connectivity index (χ2v) is 14.0. The van der Waals surface area contributed by atoms with Gasteiger partial charge in [0.1, 0.15) is 0 Å². The molecule has 0 bridgehead atoms. The van der Waals surface area contributed by atoms with Crippen molar-refractivity contribution in [1.29, 1.82) is 0 Å². The fourth-order valence-electron chi connectivity index (χ4n) is 10.8. The molecule has 0 aromatic heterocycles. The van der Waals surface area contributed by atoms with Crippen molar-refractivity contribution in [2.24, 2.45) is 56.7 Å². The minimum absolute atomic E-state index is 0.0835. The zero-order chi connectivity index (χ0) is 24.2. The Morgan fingerprint density at radius 1 is 0.970 bits per heavy atom. The Morgan fingerprint density at radius 3 is 2.30 bits per heavy atom. The fraction of sp³-hybridized carbons (Fsp3) is 0.800. The number of allylic oxidation sites excluding steroid dienone is 3. The lowest BCUT2D eigenvalue weighted by molar-refractivity contribution is -0.232. The maximum atomic E-state index is 13.5. The van der Waals surface area contributed by atoms with E-state index in [2.05, 4.69) is 54.2 Å². The summed E-state index contributed by atoms with van der Waals surface area (Å²) in [6, 6.07) is 0. The quantitative estimate of drug-likeness (QED) is 0.456. The van der Waals surface area contributed by atoms with Gasteiger partial charge in [-0.2, -0.15) is 0 Å². The Bertz CT molecular complexity index is 944. The van der Waals surface area contributed by atoms with Crippen LogP contribution in [0.5, 0.6) is 0 Å². The number of carbonyl (C=O) groups excluding carboxylic acids is 1. The predicted octanol–water partition coefficient (Wildman–Crippen LogP) is 7.07. The molecule has 0 amide bonds. The number of ketones is 1. The van der Waals surface area contributed by atoms with E-state index in [4.69, 9.17) is 0 Å². The summed E-state index contributed by atoms with van der Waals surface area (Å²) in [6.45, 7) is 17.9. The molecule has 33 heavy (non-hydrogen) atoms. The van der Waals surface area contributed by atoms with E-state index in [0.717, 1.165) is 32.1 Å². The van der Waals surface area contributed by atoms with Crippen LogP contribution in [0.25, 0.3) is 0 Å². The number of carbonyl (C=O) groups is 2. The zero-order valence-corrected chi connectivity index (χ0v) is 21.7. The van der Waals surface area contributed by atoms with E-state index >= 15 is 0 Å². The summed E-state index contributed by atoms with van der Waals surface area (Å²) in [6.07, 6.45) is 12.2. The third-order valence-electron chi connectivity index (χ3n) is 12.6. The van der Waals surface area contributed by atoms with E-state index in [-0.39, 0.29) is 28.4 Å². The van der Waals surface area contributed by atoms with Crippen LogP contribution in [0.4, 0.5) is 0 Å². The van der Waals surface area contributed by atoms with Gasteiger partial charge in [-0.1, -0.05) is 52.8 Å². The molecule has 5 aliphatic rings. The summed E-state index contributed by atoms with van der Waals surface area (Å²) in [5.74, 6) is 1.45. The number of rotatable bonds is 2. The zero-order valence-electron chi connectivity index (χ0n) is 21.7. The van der Waals surface area contributed by atoms with Gasteiger partial charge in [-0.05, 0) is 110 Å². The van der Waals surface area contributed by atoms with Crippen molar-refractivity contribution in [3.63, 3.8) is 0 Å². The summed E-state index contributed by atoms with van der Waals surface area (Å²) in [5, 5.41) is 11.1. The highest BCUT2D eigenvalue weighted by molar-refractivity contribution is 5.96. The van der Waals surface area contributed by atoms with Gasteiger partial charge in [0.25, 0.3) is 0 Å². The maximum absolute atomic E-state index is 13.5. The Labute approximate surface area is 200 Å². The number of hydrogen-bond acceptors (Lipinski definition) is 2.